The molecule has 1 aliphatic heterocycles. The van der Waals surface area contributed by atoms with Gasteiger partial charge in [-0.1, -0.05) is 60.7 Å². The number of nitrogens with two attached hydrogens (primary N) is 1. The van der Waals surface area contributed by atoms with Crippen LogP contribution in [-0.4, -0.2) is 27.9 Å². The van der Waals surface area contributed by atoms with Crippen molar-refractivity contribution in [2.24, 2.45) is 5.73 Å². The molecule has 0 aromatic heterocycles. The Balaban J connectivity index is 1.39. The first kappa shape index (κ1) is 18.9. The van der Waals surface area contributed by atoms with E-state index >= 15 is 0 Å². The number of rotatable bonds is 5. The number of fused-ring (bicyclic) bond motifs is 1. The monoisotopic (exact) mass is 386 g/mol. The molecule has 146 valence electrons. The van der Waals surface area contributed by atoms with Gasteiger partial charge in [0.1, 0.15) is 0 Å². The van der Waals surface area contributed by atoms with E-state index in [-0.39, 0.29) is 11.5 Å². The summed E-state index contributed by atoms with van der Waals surface area (Å²) in [4.78, 5) is 25.5. The van der Waals surface area contributed by atoms with Crippen molar-refractivity contribution < 1.29 is 14.7 Å². The molecule has 0 spiro atoms. The normalized spacial score (nSPS) is 13.8. The van der Waals surface area contributed by atoms with Gasteiger partial charge in [-0.05, 0) is 46.4 Å². The summed E-state index contributed by atoms with van der Waals surface area (Å²) >= 11 is 0. The molecule has 1 amide bonds. The lowest BCUT2D eigenvalue weighted by Crippen LogP contribution is -2.42. The lowest BCUT2D eigenvalue weighted by molar-refractivity contribution is -0.133. The topological polar surface area (TPSA) is 83.6 Å². The number of carboxylic acids is 1. The van der Waals surface area contributed by atoms with Gasteiger partial charge in [-0.3, -0.25) is 4.79 Å². The Labute approximate surface area is 169 Å². The molecule has 0 fully saturated rings. The summed E-state index contributed by atoms with van der Waals surface area (Å²) < 4.78 is 0. The summed E-state index contributed by atoms with van der Waals surface area (Å²) in [5.41, 5.74) is 11.8. The average Bonchev–Trinajstić information content (AvgIpc) is 3.18. The highest BCUT2D eigenvalue weighted by molar-refractivity contribution is 5.88. The van der Waals surface area contributed by atoms with Crippen LogP contribution in [0.2, 0.25) is 0 Å². The quantitative estimate of drug-likeness (QED) is 0.703. The van der Waals surface area contributed by atoms with E-state index in [0.29, 0.717) is 19.5 Å². The van der Waals surface area contributed by atoms with E-state index in [0.717, 1.165) is 16.7 Å². The number of nitrogens with zero attached hydrogens (tertiary/aromatic N) is 1. The van der Waals surface area contributed by atoms with Gasteiger partial charge in [0.25, 0.3) is 0 Å². The van der Waals surface area contributed by atoms with E-state index in [1.165, 1.54) is 11.1 Å². The van der Waals surface area contributed by atoms with Crippen molar-refractivity contribution in [1.82, 2.24) is 4.90 Å². The van der Waals surface area contributed by atoms with E-state index in [1.807, 2.05) is 41.3 Å². The van der Waals surface area contributed by atoms with Crippen molar-refractivity contribution >= 4 is 11.9 Å². The van der Waals surface area contributed by atoms with Crippen LogP contribution in [0.1, 0.15) is 27.0 Å². The molecule has 5 nitrogen and oxygen atoms in total. The van der Waals surface area contributed by atoms with Gasteiger partial charge in [-0.2, -0.15) is 0 Å². The molecule has 1 atom stereocenters. The van der Waals surface area contributed by atoms with Crippen LogP contribution in [0.15, 0.2) is 72.8 Å². The number of hydrogen-bond acceptors (Lipinski definition) is 3. The summed E-state index contributed by atoms with van der Waals surface area (Å²) in [5, 5.41) is 9.00. The first-order valence-corrected chi connectivity index (χ1v) is 9.55. The van der Waals surface area contributed by atoms with Crippen LogP contribution in [0.5, 0.6) is 0 Å². The fourth-order valence-electron chi connectivity index (χ4n) is 3.70. The third kappa shape index (κ3) is 4.05. The van der Waals surface area contributed by atoms with Crippen LogP contribution in [0, 0.1) is 0 Å². The largest absolute Gasteiger partial charge is 0.478 e. The Morgan fingerprint density at radius 1 is 0.862 bits per heavy atom. The first-order chi connectivity index (χ1) is 14.0. The molecule has 0 saturated carbocycles. The van der Waals surface area contributed by atoms with Crippen LogP contribution < -0.4 is 5.73 Å². The molecule has 1 heterocycles. The van der Waals surface area contributed by atoms with Crippen molar-refractivity contribution in [3.05, 3.63) is 95.1 Å². The molecule has 1 aliphatic rings. The molecule has 3 aromatic rings. The van der Waals surface area contributed by atoms with E-state index in [1.54, 1.807) is 24.3 Å². The predicted octanol–water partition coefficient (Wildman–Crippen LogP) is 3.46. The number of carbonyl (C=O) groups excluding carboxylic acids is 1. The van der Waals surface area contributed by atoms with Gasteiger partial charge in [0.15, 0.2) is 0 Å². The Morgan fingerprint density at radius 2 is 1.38 bits per heavy atom. The summed E-state index contributed by atoms with van der Waals surface area (Å²) in [5.74, 6) is -0.971. The van der Waals surface area contributed by atoms with Gasteiger partial charge in [-0.15, -0.1) is 0 Å². The first-order valence-electron chi connectivity index (χ1n) is 9.55. The number of benzene rings is 3. The second kappa shape index (κ2) is 7.89. The molecule has 0 radical (unpaired) electrons. The van der Waals surface area contributed by atoms with Crippen LogP contribution in [-0.2, 0) is 24.3 Å². The summed E-state index contributed by atoms with van der Waals surface area (Å²) in [7, 11) is 0. The Bertz CT molecular complexity index is 1020. The molecule has 0 aliphatic carbocycles. The molecule has 3 aromatic carbocycles. The maximum atomic E-state index is 12.7. The third-order valence-corrected chi connectivity index (χ3v) is 5.34. The van der Waals surface area contributed by atoms with Crippen LogP contribution in [0.4, 0.5) is 0 Å². The second-order valence-electron chi connectivity index (χ2n) is 7.35. The minimum atomic E-state index is -0.938. The fourth-order valence-corrected chi connectivity index (χ4v) is 3.70. The minimum Gasteiger partial charge on any atom is -0.478 e. The number of amides is 1. The summed E-state index contributed by atoms with van der Waals surface area (Å²) in [6.45, 7) is 1.24. The second-order valence-corrected chi connectivity index (χ2v) is 7.35. The van der Waals surface area contributed by atoms with Gasteiger partial charge < -0.3 is 15.7 Å². The molecule has 29 heavy (non-hydrogen) atoms. The van der Waals surface area contributed by atoms with Crippen molar-refractivity contribution in [2.75, 3.05) is 0 Å². The van der Waals surface area contributed by atoms with Gasteiger partial charge in [0.2, 0.25) is 5.91 Å². The Hall–Kier alpha value is -3.44. The summed E-state index contributed by atoms with van der Waals surface area (Å²) in [6.07, 6.45) is 0.476. The minimum absolute atomic E-state index is 0.0328. The Morgan fingerprint density at radius 3 is 1.90 bits per heavy atom. The van der Waals surface area contributed by atoms with Gasteiger partial charge in [0.05, 0.1) is 11.6 Å². The highest BCUT2D eigenvalue weighted by atomic mass is 16.4. The van der Waals surface area contributed by atoms with Gasteiger partial charge >= 0.3 is 5.97 Å². The van der Waals surface area contributed by atoms with Crippen LogP contribution in [0.25, 0.3) is 11.1 Å². The number of aromatic carboxylic acids is 1. The number of hydrogen-bond donors (Lipinski definition) is 2. The molecule has 4 rings (SSSR count). The smallest absolute Gasteiger partial charge is 0.335 e. The van der Waals surface area contributed by atoms with Gasteiger partial charge in [0, 0.05) is 13.1 Å². The molecule has 0 saturated heterocycles. The van der Waals surface area contributed by atoms with E-state index in [4.69, 9.17) is 10.8 Å². The zero-order valence-corrected chi connectivity index (χ0v) is 15.9. The molecule has 0 unspecified atom stereocenters. The summed E-state index contributed by atoms with van der Waals surface area (Å²) in [6, 6.07) is 22.1. The fraction of sp³-hybridized carbons (Fsp3) is 0.167. The standard InChI is InChI=1S/C24H22N2O3/c25-22(23(27)26-14-20-3-1-2-4-21(20)15-26)13-16-5-7-17(8-6-16)18-9-11-19(12-10-18)24(28)29/h1-12,22H,13-15,25H2,(H,28,29)/t22-/m1/s1. The molecule has 0 bridgehead atoms. The zero-order valence-electron chi connectivity index (χ0n) is 15.9. The zero-order chi connectivity index (χ0) is 20.4. The molecular weight excluding hydrogens is 364 g/mol. The third-order valence-electron chi connectivity index (χ3n) is 5.34. The number of carbonyl (C=O) groups is 2. The SMILES string of the molecule is N[C@H](Cc1ccc(-c2ccc(C(=O)O)cc2)cc1)C(=O)N1Cc2ccccc2C1. The van der Waals surface area contributed by atoms with Gasteiger partial charge in [-0.25, -0.2) is 4.79 Å². The van der Waals surface area contributed by atoms with E-state index < -0.39 is 12.0 Å². The highest BCUT2D eigenvalue weighted by Crippen LogP contribution is 2.24. The predicted molar refractivity (Wildman–Crippen MR) is 111 cm³/mol. The van der Waals surface area contributed by atoms with Crippen molar-refractivity contribution in [1.29, 1.82) is 0 Å². The lowest BCUT2D eigenvalue weighted by atomic mass is 9.99. The maximum absolute atomic E-state index is 12.7. The molecule has 5 heteroatoms. The highest BCUT2D eigenvalue weighted by Gasteiger charge is 2.26. The van der Waals surface area contributed by atoms with E-state index in [2.05, 4.69) is 12.1 Å². The van der Waals surface area contributed by atoms with E-state index in [9.17, 15) is 9.59 Å². The van der Waals surface area contributed by atoms with Crippen molar-refractivity contribution in [3.8, 4) is 11.1 Å². The average molecular weight is 386 g/mol. The maximum Gasteiger partial charge on any atom is 0.335 e. The molecular formula is C24H22N2O3. The Kier molecular flexibility index (Phi) is 5.14. The lowest BCUT2D eigenvalue weighted by Gasteiger charge is -2.20. The van der Waals surface area contributed by atoms with Crippen molar-refractivity contribution in [2.45, 2.75) is 25.6 Å². The van der Waals surface area contributed by atoms with Crippen LogP contribution in [0.3, 0.4) is 0 Å². The van der Waals surface area contributed by atoms with Crippen LogP contribution >= 0.6 is 0 Å². The number of carboxylic acid groups (broad SMARTS) is 1. The molecule has 3 N–H and O–H groups in total. The van der Waals surface area contributed by atoms with Crippen molar-refractivity contribution in [3.63, 3.8) is 0 Å².